The molecule has 0 bridgehead atoms. The minimum atomic E-state index is 0.284. The maximum atomic E-state index is 6.51. The van der Waals surface area contributed by atoms with Crippen LogP contribution in [-0.2, 0) is 0 Å². The van der Waals surface area contributed by atoms with E-state index >= 15 is 0 Å². The van der Waals surface area contributed by atoms with Gasteiger partial charge < -0.3 is 9.47 Å². The average Bonchev–Trinajstić information content (AvgIpc) is 2.63. The van der Waals surface area contributed by atoms with Crippen LogP contribution in [0.3, 0.4) is 0 Å². The fraction of sp³-hybridized carbons (Fsp3) is 0.524. The Morgan fingerprint density at radius 2 is 1.92 bits per heavy atom. The molecule has 4 heteroatoms. The monoisotopic (exact) mass is 426 g/mol. The normalized spacial score (nSPS) is 12.3. The van der Waals surface area contributed by atoms with Gasteiger partial charge in [-0.2, -0.15) is 0 Å². The number of hydrogen-bond acceptors (Lipinski definition) is 2. The molecule has 0 spiro atoms. The molecule has 2 nitrogen and oxygen atoms in total. The molecular formula is C21H28BrClO2. The predicted octanol–water partition coefficient (Wildman–Crippen LogP) is 7.39. The topological polar surface area (TPSA) is 18.5 Å². The lowest BCUT2D eigenvalue weighted by Crippen LogP contribution is -2.15. The molecule has 0 N–H and O–H groups in total. The van der Waals surface area contributed by atoms with E-state index in [9.17, 15) is 0 Å². The molecule has 1 atom stereocenters. The Hall–Kier alpha value is -0.930. The third kappa shape index (κ3) is 6.07. The standard InChI is InChI=1S/C21H28BrClO2/c1-3-5-6-8-17(4-2)25-18-10-11-19-16(15-18)9-12-20(21(19)23)24-14-7-13-22/h9-12,15,17H,3-8,13-14H2,1-2H3. The second kappa shape index (κ2) is 10.9. The van der Waals surface area contributed by atoms with Crippen molar-refractivity contribution in [2.24, 2.45) is 0 Å². The Bertz CT molecular complexity index is 660. The molecule has 1 unspecified atom stereocenters. The highest BCUT2D eigenvalue weighted by molar-refractivity contribution is 9.09. The summed E-state index contributed by atoms with van der Waals surface area (Å²) in [6.45, 7) is 5.07. The van der Waals surface area contributed by atoms with Crippen molar-refractivity contribution in [2.75, 3.05) is 11.9 Å². The molecule has 2 aromatic carbocycles. The minimum Gasteiger partial charge on any atom is -0.492 e. The second-order valence-electron chi connectivity index (χ2n) is 6.30. The molecule has 0 amide bonds. The van der Waals surface area contributed by atoms with Crippen molar-refractivity contribution in [3.05, 3.63) is 35.4 Å². The van der Waals surface area contributed by atoms with Gasteiger partial charge in [0, 0.05) is 10.7 Å². The molecule has 0 aliphatic heterocycles. The minimum absolute atomic E-state index is 0.284. The smallest absolute Gasteiger partial charge is 0.138 e. The SMILES string of the molecule is CCCCCC(CC)Oc1ccc2c(Cl)c(OCCCBr)ccc2c1. The van der Waals surface area contributed by atoms with Crippen LogP contribution < -0.4 is 9.47 Å². The average molecular weight is 428 g/mol. The van der Waals surface area contributed by atoms with Gasteiger partial charge in [-0.25, -0.2) is 0 Å². The largest absolute Gasteiger partial charge is 0.492 e. The Morgan fingerprint density at radius 1 is 1.08 bits per heavy atom. The lowest BCUT2D eigenvalue weighted by molar-refractivity contribution is 0.183. The van der Waals surface area contributed by atoms with Gasteiger partial charge in [-0.15, -0.1) is 0 Å². The first-order valence-corrected chi connectivity index (χ1v) is 10.8. The predicted molar refractivity (Wildman–Crippen MR) is 112 cm³/mol. The van der Waals surface area contributed by atoms with Crippen molar-refractivity contribution >= 4 is 38.3 Å². The number of hydrogen-bond donors (Lipinski definition) is 0. The van der Waals surface area contributed by atoms with E-state index in [-0.39, 0.29) is 6.10 Å². The highest BCUT2D eigenvalue weighted by Crippen LogP contribution is 2.35. The highest BCUT2D eigenvalue weighted by Gasteiger charge is 2.11. The Morgan fingerprint density at radius 3 is 2.64 bits per heavy atom. The van der Waals surface area contributed by atoms with Crippen molar-refractivity contribution in [1.29, 1.82) is 0 Å². The maximum Gasteiger partial charge on any atom is 0.138 e. The molecule has 2 aromatic rings. The summed E-state index contributed by atoms with van der Waals surface area (Å²) in [4.78, 5) is 0. The van der Waals surface area contributed by atoms with E-state index in [1.165, 1.54) is 19.3 Å². The lowest BCUT2D eigenvalue weighted by Gasteiger charge is -2.18. The van der Waals surface area contributed by atoms with Gasteiger partial charge in [-0.3, -0.25) is 0 Å². The van der Waals surface area contributed by atoms with Gasteiger partial charge in [-0.1, -0.05) is 60.3 Å². The zero-order chi connectivity index (χ0) is 18.1. The third-order valence-electron chi connectivity index (χ3n) is 4.31. The summed E-state index contributed by atoms with van der Waals surface area (Å²) in [6, 6.07) is 10.1. The van der Waals surface area contributed by atoms with Crippen LogP contribution in [0.2, 0.25) is 5.02 Å². The quantitative estimate of drug-likeness (QED) is 0.275. The fourth-order valence-corrected chi connectivity index (χ4v) is 3.35. The van der Waals surface area contributed by atoms with Crippen LogP contribution in [0.1, 0.15) is 52.4 Å². The molecule has 138 valence electrons. The van der Waals surface area contributed by atoms with E-state index in [0.717, 1.165) is 46.9 Å². The summed E-state index contributed by atoms with van der Waals surface area (Å²) in [7, 11) is 0. The Labute approximate surface area is 165 Å². The summed E-state index contributed by atoms with van der Waals surface area (Å²) in [5.41, 5.74) is 0. The first-order chi connectivity index (χ1) is 12.2. The number of unbranched alkanes of at least 4 members (excludes halogenated alkanes) is 2. The number of ether oxygens (including phenoxy) is 2. The number of halogens is 2. The van der Waals surface area contributed by atoms with Crippen molar-refractivity contribution in [1.82, 2.24) is 0 Å². The van der Waals surface area contributed by atoms with Crippen molar-refractivity contribution in [2.45, 2.75) is 58.5 Å². The first-order valence-electron chi connectivity index (χ1n) is 9.27. The summed E-state index contributed by atoms with van der Waals surface area (Å²) >= 11 is 9.92. The van der Waals surface area contributed by atoms with Gasteiger partial charge in [0.1, 0.15) is 11.5 Å². The van der Waals surface area contributed by atoms with Gasteiger partial charge in [0.05, 0.1) is 17.7 Å². The molecule has 0 radical (unpaired) electrons. The Kier molecular flexibility index (Phi) is 8.91. The molecule has 0 heterocycles. The van der Waals surface area contributed by atoms with Crippen LogP contribution in [-0.4, -0.2) is 18.0 Å². The van der Waals surface area contributed by atoms with Crippen LogP contribution in [0.5, 0.6) is 11.5 Å². The second-order valence-corrected chi connectivity index (χ2v) is 7.47. The summed E-state index contributed by atoms with van der Waals surface area (Å²) in [5.74, 6) is 1.66. The van der Waals surface area contributed by atoms with Gasteiger partial charge in [0.2, 0.25) is 0 Å². The van der Waals surface area contributed by atoms with E-state index in [2.05, 4.69) is 41.9 Å². The lowest BCUT2D eigenvalue weighted by atomic mass is 10.1. The molecule has 2 rings (SSSR count). The number of rotatable bonds is 11. The molecule has 0 fully saturated rings. The molecule has 0 aliphatic carbocycles. The van der Waals surface area contributed by atoms with Crippen molar-refractivity contribution < 1.29 is 9.47 Å². The van der Waals surface area contributed by atoms with Crippen LogP contribution in [0.15, 0.2) is 30.3 Å². The van der Waals surface area contributed by atoms with E-state index in [4.69, 9.17) is 21.1 Å². The molecule has 0 aliphatic rings. The molecular weight excluding hydrogens is 400 g/mol. The van der Waals surface area contributed by atoms with Gasteiger partial charge >= 0.3 is 0 Å². The fourth-order valence-electron chi connectivity index (χ4n) is 2.83. The number of fused-ring (bicyclic) bond motifs is 1. The van der Waals surface area contributed by atoms with Crippen molar-refractivity contribution in [3.8, 4) is 11.5 Å². The van der Waals surface area contributed by atoms with Crippen LogP contribution in [0, 0.1) is 0 Å². The maximum absolute atomic E-state index is 6.51. The van der Waals surface area contributed by atoms with Crippen LogP contribution in [0.25, 0.3) is 10.8 Å². The van der Waals surface area contributed by atoms with Crippen molar-refractivity contribution in [3.63, 3.8) is 0 Å². The highest BCUT2D eigenvalue weighted by atomic mass is 79.9. The van der Waals surface area contributed by atoms with Gasteiger partial charge in [-0.05, 0) is 55.3 Å². The summed E-state index contributed by atoms with van der Waals surface area (Å²) in [6.07, 6.45) is 7.12. The Balaban J connectivity index is 2.10. The molecule has 0 saturated heterocycles. The van der Waals surface area contributed by atoms with Gasteiger partial charge in [0.15, 0.2) is 0 Å². The number of alkyl halides is 1. The van der Waals surface area contributed by atoms with Crippen LogP contribution >= 0.6 is 27.5 Å². The van der Waals surface area contributed by atoms with E-state index < -0.39 is 0 Å². The molecule has 0 saturated carbocycles. The third-order valence-corrected chi connectivity index (χ3v) is 5.26. The summed E-state index contributed by atoms with van der Waals surface area (Å²) < 4.78 is 11.9. The van der Waals surface area contributed by atoms with E-state index in [1.54, 1.807) is 0 Å². The zero-order valence-corrected chi connectivity index (χ0v) is 17.5. The summed E-state index contributed by atoms with van der Waals surface area (Å²) in [5, 5.41) is 3.69. The zero-order valence-electron chi connectivity index (χ0n) is 15.2. The van der Waals surface area contributed by atoms with Gasteiger partial charge in [0.25, 0.3) is 0 Å². The van der Waals surface area contributed by atoms with Crippen LogP contribution in [0.4, 0.5) is 0 Å². The number of benzene rings is 2. The van der Waals surface area contributed by atoms with E-state index in [0.29, 0.717) is 11.6 Å². The molecule has 0 aromatic heterocycles. The molecule has 25 heavy (non-hydrogen) atoms. The van der Waals surface area contributed by atoms with E-state index in [1.807, 2.05) is 18.2 Å². The first kappa shape index (κ1) is 20.4.